The van der Waals surface area contributed by atoms with Crippen molar-refractivity contribution >= 4 is 11.9 Å². The highest BCUT2D eigenvalue weighted by atomic mass is 16.5. The summed E-state index contributed by atoms with van der Waals surface area (Å²) in [6.07, 6.45) is 54.9. The van der Waals surface area contributed by atoms with Crippen LogP contribution >= 0.6 is 0 Å². The van der Waals surface area contributed by atoms with Crippen molar-refractivity contribution in [1.82, 2.24) is 0 Å². The molecule has 0 amide bonds. The Morgan fingerprint density at radius 2 is 0.896 bits per heavy atom. The van der Waals surface area contributed by atoms with Gasteiger partial charge in [0.1, 0.15) is 6.10 Å². The van der Waals surface area contributed by atoms with E-state index in [2.05, 4.69) is 86.8 Å². The molecule has 0 rings (SSSR count). The van der Waals surface area contributed by atoms with Gasteiger partial charge in [-0.3, -0.25) is 9.59 Å². The second kappa shape index (κ2) is 38.8. The van der Waals surface area contributed by atoms with Crippen molar-refractivity contribution in [2.24, 2.45) is 0 Å². The Kier molecular flexibility index (Phi) is 36.7. The van der Waals surface area contributed by atoms with Crippen LogP contribution < -0.4 is 0 Å². The molecule has 0 saturated carbocycles. The summed E-state index contributed by atoms with van der Waals surface area (Å²) in [5, 5.41) is 8.81. The highest BCUT2D eigenvalue weighted by Gasteiger charge is 2.14. The lowest BCUT2D eigenvalue weighted by Crippen LogP contribution is -2.18. The molecule has 0 aliphatic heterocycles. The van der Waals surface area contributed by atoms with Crippen molar-refractivity contribution < 1.29 is 19.4 Å². The van der Waals surface area contributed by atoms with E-state index in [-0.39, 0.29) is 18.5 Å². The fraction of sp³-hybridized carbons (Fsp3) is 0.682. The van der Waals surface area contributed by atoms with Gasteiger partial charge in [0.05, 0.1) is 0 Å². The van der Waals surface area contributed by atoms with Crippen LogP contribution in [0.4, 0.5) is 0 Å². The zero-order valence-corrected chi connectivity index (χ0v) is 31.3. The van der Waals surface area contributed by atoms with E-state index in [1.807, 2.05) is 0 Å². The highest BCUT2D eigenvalue weighted by Crippen LogP contribution is 2.17. The number of unbranched alkanes of at least 4 members (excludes halogenated alkanes) is 14. The lowest BCUT2D eigenvalue weighted by atomic mass is 10.0. The molecule has 0 radical (unpaired) electrons. The summed E-state index contributed by atoms with van der Waals surface area (Å²) >= 11 is 0. The minimum atomic E-state index is -0.711. The monoisotopic (exact) mass is 667 g/mol. The fourth-order valence-electron chi connectivity index (χ4n) is 5.50. The maximum absolute atomic E-state index is 12.7. The van der Waals surface area contributed by atoms with Crippen molar-refractivity contribution in [3.05, 3.63) is 72.9 Å². The number of carbonyl (C=O) groups is 2. The Bertz CT molecular complexity index is 892. The minimum absolute atomic E-state index is 0.00443. The SMILES string of the molecule is CC/C=C\C/C=C\C/C=C\C/C=C\C/C=C\CCCCCC(=O)OC(CCC/C=C\CCCCCCCC)CCCCCCCC(=O)O. The Balaban J connectivity index is 4.15. The van der Waals surface area contributed by atoms with Crippen molar-refractivity contribution in [2.75, 3.05) is 0 Å². The normalized spacial score (nSPS) is 13.0. The lowest BCUT2D eigenvalue weighted by Gasteiger charge is -2.18. The number of hydrogen-bond donors (Lipinski definition) is 1. The number of rotatable bonds is 35. The van der Waals surface area contributed by atoms with Crippen molar-refractivity contribution in [1.29, 1.82) is 0 Å². The predicted octanol–water partition coefficient (Wildman–Crippen LogP) is 13.9. The van der Waals surface area contributed by atoms with E-state index < -0.39 is 5.97 Å². The summed E-state index contributed by atoms with van der Waals surface area (Å²) in [4.78, 5) is 23.4. The second-order valence-electron chi connectivity index (χ2n) is 13.1. The zero-order chi connectivity index (χ0) is 35.0. The number of aliphatic carboxylic acids is 1. The number of esters is 1. The molecule has 0 bridgehead atoms. The molecule has 274 valence electrons. The highest BCUT2D eigenvalue weighted by molar-refractivity contribution is 5.69. The van der Waals surface area contributed by atoms with E-state index in [9.17, 15) is 9.59 Å². The Hall–Kier alpha value is -2.62. The summed E-state index contributed by atoms with van der Waals surface area (Å²) in [5.41, 5.74) is 0. The van der Waals surface area contributed by atoms with E-state index in [1.54, 1.807) is 0 Å². The molecule has 1 unspecified atom stereocenters. The summed E-state index contributed by atoms with van der Waals surface area (Å²) in [5.74, 6) is -0.757. The first-order valence-electron chi connectivity index (χ1n) is 19.9. The van der Waals surface area contributed by atoms with E-state index in [4.69, 9.17) is 9.84 Å². The zero-order valence-electron chi connectivity index (χ0n) is 31.3. The van der Waals surface area contributed by atoms with Crippen LogP contribution in [-0.2, 0) is 14.3 Å². The number of carbonyl (C=O) groups excluding carboxylic acids is 1. The van der Waals surface area contributed by atoms with Gasteiger partial charge in [0.15, 0.2) is 0 Å². The molecule has 0 spiro atoms. The minimum Gasteiger partial charge on any atom is -0.481 e. The van der Waals surface area contributed by atoms with Crippen LogP contribution in [-0.4, -0.2) is 23.1 Å². The number of ether oxygens (including phenoxy) is 1. The summed E-state index contributed by atoms with van der Waals surface area (Å²) < 4.78 is 5.97. The van der Waals surface area contributed by atoms with E-state index in [0.717, 1.165) is 116 Å². The van der Waals surface area contributed by atoms with Crippen LogP contribution in [0.15, 0.2) is 72.9 Å². The van der Waals surface area contributed by atoms with Gasteiger partial charge in [-0.1, -0.05) is 145 Å². The van der Waals surface area contributed by atoms with Gasteiger partial charge in [0.2, 0.25) is 0 Å². The number of carboxylic acids is 1. The van der Waals surface area contributed by atoms with Crippen molar-refractivity contribution in [2.45, 2.75) is 193 Å². The maximum Gasteiger partial charge on any atom is 0.306 e. The molecule has 0 fully saturated rings. The molecule has 4 nitrogen and oxygen atoms in total. The van der Waals surface area contributed by atoms with Crippen molar-refractivity contribution in [3.63, 3.8) is 0 Å². The first-order chi connectivity index (χ1) is 23.6. The summed E-state index contributed by atoms with van der Waals surface area (Å²) in [7, 11) is 0. The average Bonchev–Trinajstić information content (AvgIpc) is 3.07. The molecule has 48 heavy (non-hydrogen) atoms. The first-order valence-corrected chi connectivity index (χ1v) is 19.9. The Labute approximate surface area is 297 Å². The van der Waals surface area contributed by atoms with Crippen molar-refractivity contribution in [3.8, 4) is 0 Å². The molecule has 0 aromatic rings. The largest absolute Gasteiger partial charge is 0.481 e. The van der Waals surface area contributed by atoms with Gasteiger partial charge in [0.25, 0.3) is 0 Å². The molecule has 0 aromatic carbocycles. The third-order valence-corrected chi connectivity index (χ3v) is 8.41. The number of allylic oxidation sites excluding steroid dienone is 12. The number of carboxylic acid groups (broad SMARTS) is 1. The molecule has 0 saturated heterocycles. The second-order valence-corrected chi connectivity index (χ2v) is 13.1. The predicted molar refractivity (Wildman–Crippen MR) is 208 cm³/mol. The quantitative estimate of drug-likeness (QED) is 0.0415. The van der Waals surface area contributed by atoms with Crippen LogP contribution in [0.5, 0.6) is 0 Å². The molecule has 4 heteroatoms. The molecular formula is C44H74O4. The van der Waals surface area contributed by atoms with Crippen LogP contribution in [0.25, 0.3) is 0 Å². The van der Waals surface area contributed by atoms with E-state index >= 15 is 0 Å². The standard InChI is InChI=1S/C44H74O4/c1-3-5-7-9-11-13-15-16-17-18-19-20-21-22-24-26-28-33-37-41-44(47)48-42(39-35-31-29-32-36-40-43(45)46)38-34-30-27-25-23-14-12-10-8-6-4-2/h5,7,11,13,16-17,19-20,22,24-25,27,42H,3-4,6,8-10,12,14-15,18,21,23,26,28-41H2,1-2H3,(H,45,46)/b7-5-,13-11-,17-16-,20-19-,24-22-,27-25-. The lowest BCUT2D eigenvalue weighted by molar-refractivity contribution is -0.150. The number of hydrogen-bond acceptors (Lipinski definition) is 3. The van der Waals surface area contributed by atoms with E-state index in [0.29, 0.717) is 6.42 Å². The molecule has 0 aliphatic rings. The van der Waals surface area contributed by atoms with Crippen LogP contribution in [0.3, 0.4) is 0 Å². The summed E-state index contributed by atoms with van der Waals surface area (Å²) in [6.45, 7) is 4.42. The van der Waals surface area contributed by atoms with Gasteiger partial charge in [-0.2, -0.15) is 0 Å². The topological polar surface area (TPSA) is 63.6 Å². The third kappa shape index (κ3) is 37.8. The van der Waals surface area contributed by atoms with Gasteiger partial charge < -0.3 is 9.84 Å². The van der Waals surface area contributed by atoms with Crippen LogP contribution in [0.2, 0.25) is 0 Å². The molecule has 0 heterocycles. The van der Waals surface area contributed by atoms with E-state index in [1.165, 1.54) is 44.9 Å². The van der Waals surface area contributed by atoms with Crippen LogP contribution in [0.1, 0.15) is 187 Å². The molecule has 0 aromatic heterocycles. The van der Waals surface area contributed by atoms with Gasteiger partial charge in [0, 0.05) is 12.8 Å². The molecule has 1 N–H and O–H groups in total. The molecule has 1 atom stereocenters. The Morgan fingerprint density at radius 3 is 1.48 bits per heavy atom. The maximum atomic E-state index is 12.7. The van der Waals surface area contributed by atoms with Gasteiger partial charge in [-0.25, -0.2) is 0 Å². The van der Waals surface area contributed by atoms with Crippen LogP contribution in [0, 0.1) is 0 Å². The first kappa shape index (κ1) is 45.4. The van der Waals surface area contributed by atoms with Gasteiger partial charge in [-0.15, -0.1) is 0 Å². The summed E-state index contributed by atoms with van der Waals surface area (Å²) in [6, 6.07) is 0. The van der Waals surface area contributed by atoms with Gasteiger partial charge in [-0.05, 0) is 103 Å². The fourth-order valence-corrected chi connectivity index (χ4v) is 5.50. The van der Waals surface area contributed by atoms with Gasteiger partial charge >= 0.3 is 11.9 Å². The molecule has 0 aliphatic carbocycles. The molecular weight excluding hydrogens is 592 g/mol. The Morgan fingerprint density at radius 1 is 0.479 bits per heavy atom. The average molecular weight is 667 g/mol. The third-order valence-electron chi connectivity index (χ3n) is 8.41. The smallest absolute Gasteiger partial charge is 0.306 e.